The summed E-state index contributed by atoms with van der Waals surface area (Å²) in [4.78, 5) is 12.3. The average molecular weight is 328 g/mol. The summed E-state index contributed by atoms with van der Waals surface area (Å²) in [6.45, 7) is 2.55. The molecule has 1 atom stereocenters. The molecule has 6 heteroatoms. The minimum Gasteiger partial charge on any atom is -0.381 e. The van der Waals surface area contributed by atoms with Crippen LogP contribution in [-0.2, 0) is 22.6 Å². The van der Waals surface area contributed by atoms with Crippen molar-refractivity contribution in [2.45, 2.75) is 32.0 Å². The minimum absolute atomic E-state index is 0.0872. The molecule has 3 N–H and O–H groups in total. The van der Waals surface area contributed by atoms with Gasteiger partial charge in [0.15, 0.2) is 0 Å². The number of carbonyl (C=O) groups excluding carboxylic acids is 1. The van der Waals surface area contributed by atoms with Crippen molar-refractivity contribution in [2.24, 2.45) is 11.7 Å². The van der Waals surface area contributed by atoms with Crippen molar-refractivity contribution in [3.63, 3.8) is 0 Å². The molecule has 1 unspecified atom stereocenters. The zero-order valence-electron chi connectivity index (χ0n) is 13.7. The van der Waals surface area contributed by atoms with E-state index in [2.05, 4.69) is 16.5 Å². The first kappa shape index (κ1) is 16.7. The predicted molar refractivity (Wildman–Crippen MR) is 91.1 cm³/mol. The van der Waals surface area contributed by atoms with E-state index in [1.807, 2.05) is 35.1 Å². The quantitative estimate of drug-likeness (QED) is 0.837. The van der Waals surface area contributed by atoms with Gasteiger partial charge in [0.1, 0.15) is 0 Å². The lowest BCUT2D eigenvalue weighted by Crippen LogP contribution is -2.46. The molecular weight excluding hydrogens is 304 g/mol. The second-order valence-electron chi connectivity index (χ2n) is 6.17. The van der Waals surface area contributed by atoms with Crippen LogP contribution in [0.4, 0.5) is 0 Å². The monoisotopic (exact) mass is 328 g/mol. The van der Waals surface area contributed by atoms with Crippen LogP contribution in [0.2, 0.25) is 0 Å². The van der Waals surface area contributed by atoms with Crippen molar-refractivity contribution < 1.29 is 9.53 Å². The van der Waals surface area contributed by atoms with Crippen LogP contribution >= 0.6 is 0 Å². The van der Waals surface area contributed by atoms with Crippen LogP contribution in [0.1, 0.15) is 24.0 Å². The largest absolute Gasteiger partial charge is 0.381 e. The number of aromatic nitrogens is 2. The van der Waals surface area contributed by atoms with Crippen molar-refractivity contribution >= 4 is 5.91 Å². The molecule has 24 heavy (non-hydrogen) atoms. The predicted octanol–water partition coefficient (Wildman–Crippen LogP) is 1.30. The fourth-order valence-electron chi connectivity index (χ4n) is 3.04. The van der Waals surface area contributed by atoms with Gasteiger partial charge in [-0.2, -0.15) is 5.10 Å². The number of nitrogens with two attached hydrogens (primary N) is 1. The SMILES string of the molecule is NC(C(=O)NCc1ccccc1Cn1cccn1)C1CCOCC1. The number of hydrogen-bond donors (Lipinski definition) is 2. The first-order chi connectivity index (χ1) is 11.7. The van der Waals surface area contributed by atoms with Crippen molar-refractivity contribution in [1.29, 1.82) is 0 Å². The Morgan fingerprint density at radius 3 is 2.75 bits per heavy atom. The third kappa shape index (κ3) is 4.21. The highest BCUT2D eigenvalue weighted by Gasteiger charge is 2.26. The summed E-state index contributed by atoms with van der Waals surface area (Å²) in [6.07, 6.45) is 5.39. The van der Waals surface area contributed by atoms with E-state index >= 15 is 0 Å². The van der Waals surface area contributed by atoms with Gasteiger partial charge in [0.25, 0.3) is 0 Å². The van der Waals surface area contributed by atoms with Gasteiger partial charge in [-0.25, -0.2) is 0 Å². The lowest BCUT2D eigenvalue weighted by Gasteiger charge is -2.26. The van der Waals surface area contributed by atoms with Gasteiger partial charge in [-0.3, -0.25) is 9.48 Å². The van der Waals surface area contributed by atoms with Crippen LogP contribution < -0.4 is 11.1 Å². The Labute approximate surface area is 142 Å². The molecular formula is C18H24N4O2. The molecule has 1 aromatic carbocycles. The molecule has 1 amide bonds. The van der Waals surface area contributed by atoms with Crippen LogP contribution in [0, 0.1) is 5.92 Å². The molecule has 0 spiro atoms. The van der Waals surface area contributed by atoms with Gasteiger partial charge in [-0.15, -0.1) is 0 Å². The molecule has 2 heterocycles. The number of ether oxygens (including phenoxy) is 1. The Morgan fingerprint density at radius 2 is 2.04 bits per heavy atom. The molecule has 0 saturated carbocycles. The molecule has 1 aromatic heterocycles. The first-order valence-corrected chi connectivity index (χ1v) is 8.39. The van der Waals surface area contributed by atoms with Gasteiger partial charge in [0.05, 0.1) is 12.6 Å². The second kappa shape index (κ2) is 8.08. The van der Waals surface area contributed by atoms with E-state index in [1.54, 1.807) is 6.20 Å². The molecule has 1 aliphatic rings. The molecule has 0 radical (unpaired) electrons. The van der Waals surface area contributed by atoms with E-state index in [0.29, 0.717) is 26.3 Å². The highest BCUT2D eigenvalue weighted by atomic mass is 16.5. The van der Waals surface area contributed by atoms with Crippen molar-refractivity contribution in [3.8, 4) is 0 Å². The molecule has 1 aliphatic heterocycles. The number of rotatable bonds is 6. The first-order valence-electron chi connectivity index (χ1n) is 8.39. The average Bonchev–Trinajstić information content (AvgIpc) is 3.14. The summed E-state index contributed by atoms with van der Waals surface area (Å²) in [5.41, 5.74) is 8.35. The number of nitrogens with zero attached hydrogens (tertiary/aromatic N) is 2. The van der Waals surface area contributed by atoms with Crippen LogP contribution in [0.3, 0.4) is 0 Å². The summed E-state index contributed by atoms with van der Waals surface area (Å²) in [6, 6.07) is 9.50. The fraction of sp³-hybridized carbons (Fsp3) is 0.444. The molecule has 6 nitrogen and oxygen atoms in total. The van der Waals surface area contributed by atoms with Crippen LogP contribution in [0.5, 0.6) is 0 Å². The minimum atomic E-state index is -0.466. The van der Waals surface area contributed by atoms with Gasteiger partial charge in [-0.05, 0) is 36.0 Å². The zero-order chi connectivity index (χ0) is 16.8. The molecule has 3 rings (SSSR count). The van der Waals surface area contributed by atoms with Crippen LogP contribution in [-0.4, -0.2) is 34.9 Å². The molecule has 128 valence electrons. The maximum absolute atomic E-state index is 12.3. The summed E-state index contributed by atoms with van der Waals surface area (Å²) in [5.74, 6) is 0.119. The number of hydrogen-bond acceptors (Lipinski definition) is 4. The molecule has 2 aromatic rings. The lowest BCUT2D eigenvalue weighted by atomic mass is 9.92. The van der Waals surface area contributed by atoms with E-state index < -0.39 is 6.04 Å². The topological polar surface area (TPSA) is 82.2 Å². The number of carbonyl (C=O) groups is 1. The highest BCUT2D eigenvalue weighted by molar-refractivity contribution is 5.81. The molecule has 1 fully saturated rings. The Balaban J connectivity index is 1.58. The summed E-state index contributed by atoms with van der Waals surface area (Å²) in [5, 5.41) is 7.22. The number of benzene rings is 1. The van der Waals surface area contributed by atoms with Gasteiger partial charge in [0, 0.05) is 32.2 Å². The van der Waals surface area contributed by atoms with Gasteiger partial charge < -0.3 is 15.8 Å². The van der Waals surface area contributed by atoms with Gasteiger partial charge in [0.2, 0.25) is 5.91 Å². The van der Waals surface area contributed by atoms with Gasteiger partial charge >= 0.3 is 0 Å². The molecule has 0 bridgehead atoms. The normalized spacial score (nSPS) is 16.7. The maximum Gasteiger partial charge on any atom is 0.237 e. The highest BCUT2D eigenvalue weighted by Crippen LogP contribution is 2.18. The van der Waals surface area contributed by atoms with E-state index in [-0.39, 0.29) is 11.8 Å². The van der Waals surface area contributed by atoms with Crippen molar-refractivity contribution in [1.82, 2.24) is 15.1 Å². The Hall–Kier alpha value is -2.18. The third-order valence-electron chi connectivity index (χ3n) is 4.54. The Bertz CT molecular complexity index is 651. The second-order valence-corrected chi connectivity index (χ2v) is 6.17. The van der Waals surface area contributed by atoms with E-state index in [9.17, 15) is 4.79 Å². The maximum atomic E-state index is 12.3. The Kier molecular flexibility index (Phi) is 5.61. The van der Waals surface area contributed by atoms with Crippen molar-refractivity contribution in [3.05, 3.63) is 53.9 Å². The van der Waals surface area contributed by atoms with E-state index in [0.717, 1.165) is 24.0 Å². The Morgan fingerprint density at radius 1 is 1.29 bits per heavy atom. The molecule has 0 aliphatic carbocycles. The van der Waals surface area contributed by atoms with E-state index in [1.165, 1.54) is 0 Å². The van der Waals surface area contributed by atoms with E-state index in [4.69, 9.17) is 10.5 Å². The van der Waals surface area contributed by atoms with Crippen molar-refractivity contribution in [2.75, 3.05) is 13.2 Å². The zero-order valence-corrected chi connectivity index (χ0v) is 13.7. The summed E-state index contributed by atoms with van der Waals surface area (Å²) >= 11 is 0. The number of nitrogens with one attached hydrogen (secondary N) is 1. The molecule has 1 saturated heterocycles. The van der Waals surface area contributed by atoms with Crippen LogP contribution in [0.25, 0.3) is 0 Å². The smallest absolute Gasteiger partial charge is 0.237 e. The number of amides is 1. The lowest BCUT2D eigenvalue weighted by molar-refractivity contribution is -0.124. The summed E-state index contributed by atoms with van der Waals surface area (Å²) < 4.78 is 7.20. The van der Waals surface area contributed by atoms with Gasteiger partial charge in [-0.1, -0.05) is 24.3 Å². The third-order valence-corrected chi connectivity index (χ3v) is 4.54. The van der Waals surface area contributed by atoms with Crippen LogP contribution in [0.15, 0.2) is 42.7 Å². The summed E-state index contributed by atoms with van der Waals surface area (Å²) in [7, 11) is 0. The standard InChI is InChI=1S/C18H24N4O2/c19-17(14-6-10-24-11-7-14)18(23)20-12-15-4-1-2-5-16(15)13-22-9-3-8-21-22/h1-5,8-9,14,17H,6-7,10-13,19H2,(H,20,23). The fourth-order valence-corrected chi connectivity index (χ4v) is 3.04.